The van der Waals surface area contributed by atoms with Crippen molar-refractivity contribution < 1.29 is 4.79 Å². The molecule has 2 rings (SSSR count). The van der Waals surface area contributed by atoms with Crippen molar-refractivity contribution in [1.82, 2.24) is 15.6 Å². The van der Waals surface area contributed by atoms with Crippen molar-refractivity contribution in [3.8, 4) is 0 Å². The van der Waals surface area contributed by atoms with Gasteiger partial charge in [0.25, 0.3) is 5.91 Å². The quantitative estimate of drug-likeness (QED) is 0.880. The van der Waals surface area contributed by atoms with Crippen molar-refractivity contribution in [2.75, 3.05) is 13.1 Å². The lowest BCUT2D eigenvalue weighted by Crippen LogP contribution is -2.52. The molecule has 0 atom stereocenters. The van der Waals surface area contributed by atoms with Crippen molar-refractivity contribution in [3.05, 3.63) is 29.6 Å². The summed E-state index contributed by atoms with van der Waals surface area (Å²) in [5, 5.41) is 6.39. The van der Waals surface area contributed by atoms with Crippen molar-refractivity contribution in [3.63, 3.8) is 0 Å². The molecule has 1 aliphatic rings. The molecule has 19 heavy (non-hydrogen) atoms. The number of carbonyl (C=O) groups is 1. The van der Waals surface area contributed by atoms with Gasteiger partial charge in [0, 0.05) is 11.2 Å². The van der Waals surface area contributed by atoms with Gasteiger partial charge in [-0.25, -0.2) is 4.98 Å². The second-order valence-corrected chi connectivity index (χ2v) is 4.93. The van der Waals surface area contributed by atoms with E-state index in [2.05, 4.69) is 22.5 Å². The third-order valence-electron chi connectivity index (χ3n) is 3.24. The van der Waals surface area contributed by atoms with Crippen LogP contribution >= 0.6 is 24.8 Å². The van der Waals surface area contributed by atoms with Gasteiger partial charge < -0.3 is 10.6 Å². The Morgan fingerprint density at radius 3 is 2.53 bits per heavy atom. The van der Waals surface area contributed by atoms with Gasteiger partial charge in [-0.2, -0.15) is 0 Å². The van der Waals surface area contributed by atoms with E-state index in [1.807, 2.05) is 19.1 Å². The number of nitrogens with zero attached hydrogens (tertiary/aromatic N) is 1. The molecule has 1 aromatic rings. The summed E-state index contributed by atoms with van der Waals surface area (Å²) >= 11 is 0. The van der Waals surface area contributed by atoms with Gasteiger partial charge in [0.05, 0.1) is 0 Å². The summed E-state index contributed by atoms with van der Waals surface area (Å²) in [6.07, 6.45) is 1.93. The third-order valence-corrected chi connectivity index (χ3v) is 3.24. The van der Waals surface area contributed by atoms with Gasteiger partial charge in [0.2, 0.25) is 0 Å². The van der Waals surface area contributed by atoms with E-state index in [0.717, 1.165) is 31.6 Å². The van der Waals surface area contributed by atoms with E-state index < -0.39 is 0 Å². The molecule has 6 heteroatoms. The van der Waals surface area contributed by atoms with Crippen LogP contribution in [0.15, 0.2) is 18.2 Å². The molecular formula is C13H21Cl2N3O. The largest absolute Gasteiger partial charge is 0.345 e. The number of piperidine rings is 1. The van der Waals surface area contributed by atoms with Crippen LogP contribution in [0, 0.1) is 6.92 Å². The zero-order chi connectivity index (χ0) is 12.3. The van der Waals surface area contributed by atoms with Gasteiger partial charge in [0.1, 0.15) is 5.69 Å². The minimum Gasteiger partial charge on any atom is -0.345 e. The summed E-state index contributed by atoms with van der Waals surface area (Å²) in [6.45, 7) is 5.90. The maximum atomic E-state index is 12.1. The van der Waals surface area contributed by atoms with E-state index in [1.165, 1.54) is 0 Å². The average Bonchev–Trinajstić information content (AvgIpc) is 2.29. The average molecular weight is 306 g/mol. The first kappa shape index (κ1) is 18.2. The molecule has 0 radical (unpaired) electrons. The maximum Gasteiger partial charge on any atom is 0.270 e. The Morgan fingerprint density at radius 1 is 1.32 bits per heavy atom. The monoisotopic (exact) mass is 305 g/mol. The number of aryl methyl sites for hydroxylation is 1. The van der Waals surface area contributed by atoms with E-state index in [-0.39, 0.29) is 36.3 Å². The third kappa shape index (κ3) is 4.97. The van der Waals surface area contributed by atoms with Crippen molar-refractivity contribution in [2.45, 2.75) is 32.2 Å². The van der Waals surface area contributed by atoms with Crippen LogP contribution in [-0.2, 0) is 0 Å². The summed E-state index contributed by atoms with van der Waals surface area (Å²) in [7, 11) is 0. The Balaban J connectivity index is 0.00000162. The molecule has 1 fully saturated rings. The number of pyridine rings is 1. The first-order valence-electron chi connectivity index (χ1n) is 6.06. The Kier molecular flexibility index (Phi) is 7.34. The SMILES string of the molecule is Cc1cccc(C(=O)NC2(C)CCNCC2)n1.Cl.Cl. The van der Waals surface area contributed by atoms with Gasteiger partial charge in [-0.1, -0.05) is 6.07 Å². The molecule has 0 spiro atoms. The van der Waals surface area contributed by atoms with Crippen LogP contribution in [0.25, 0.3) is 0 Å². The van der Waals surface area contributed by atoms with Crippen LogP contribution in [0.1, 0.15) is 35.9 Å². The van der Waals surface area contributed by atoms with E-state index in [4.69, 9.17) is 0 Å². The van der Waals surface area contributed by atoms with Crippen LogP contribution in [0.5, 0.6) is 0 Å². The molecule has 0 aromatic carbocycles. The van der Waals surface area contributed by atoms with E-state index in [1.54, 1.807) is 6.07 Å². The Hall–Kier alpha value is -0.840. The van der Waals surface area contributed by atoms with Gasteiger partial charge in [-0.05, 0) is 51.9 Å². The zero-order valence-corrected chi connectivity index (χ0v) is 12.9. The normalized spacial score (nSPS) is 16.7. The van der Waals surface area contributed by atoms with E-state index in [9.17, 15) is 4.79 Å². The fourth-order valence-corrected chi connectivity index (χ4v) is 2.11. The van der Waals surface area contributed by atoms with Crippen LogP contribution in [-0.4, -0.2) is 29.5 Å². The fourth-order valence-electron chi connectivity index (χ4n) is 2.11. The Labute approximate surface area is 126 Å². The summed E-state index contributed by atoms with van der Waals surface area (Å²) in [5.74, 6) is -0.0712. The van der Waals surface area contributed by atoms with Gasteiger partial charge >= 0.3 is 0 Å². The number of halogens is 2. The highest BCUT2D eigenvalue weighted by Crippen LogP contribution is 2.17. The Morgan fingerprint density at radius 2 is 1.95 bits per heavy atom. The Bertz CT molecular complexity index is 420. The lowest BCUT2D eigenvalue weighted by Gasteiger charge is -2.34. The van der Waals surface area contributed by atoms with Crippen molar-refractivity contribution in [2.24, 2.45) is 0 Å². The second-order valence-electron chi connectivity index (χ2n) is 4.93. The van der Waals surface area contributed by atoms with Gasteiger partial charge in [-0.3, -0.25) is 4.79 Å². The lowest BCUT2D eigenvalue weighted by atomic mass is 9.90. The highest BCUT2D eigenvalue weighted by atomic mass is 35.5. The molecule has 1 amide bonds. The number of rotatable bonds is 2. The number of amides is 1. The predicted octanol–water partition coefficient (Wildman–Crippen LogP) is 2.11. The highest BCUT2D eigenvalue weighted by Gasteiger charge is 2.28. The molecule has 1 aromatic heterocycles. The van der Waals surface area contributed by atoms with E-state index >= 15 is 0 Å². The molecule has 0 unspecified atom stereocenters. The molecule has 0 saturated carbocycles. The number of aromatic nitrogens is 1. The summed E-state index contributed by atoms with van der Waals surface area (Å²) < 4.78 is 0. The van der Waals surface area contributed by atoms with Crippen molar-refractivity contribution >= 4 is 30.7 Å². The summed E-state index contributed by atoms with van der Waals surface area (Å²) in [6, 6.07) is 5.51. The minimum atomic E-state index is -0.103. The molecule has 1 aliphatic heterocycles. The lowest BCUT2D eigenvalue weighted by molar-refractivity contribution is 0.0882. The molecule has 108 valence electrons. The second kappa shape index (κ2) is 7.68. The molecule has 0 aliphatic carbocycles. The smallest absolute Gasteiger partial charge is 0.270 e. The van der Waals surface area contributed by atoms with Crippen LogP contribution in [0.2, 0.25) is 0 Å². The zero-order valence-electron chi connectivity index (χ0n) is 11.2. The first-order valence-corrected chi connectivity index (χ1v) is 6.06. The summed E-state index contributed by atoms with van der Waals surface area (Å²) in [5.41, 5.74) is 1.27. The van der Waals surface area contributed by atoms with Crippen LogP contribution < -0.4 is 10.6 Å². The number of hydrogen-bond acceptors (Lipinski definition) is 3. The maximum absolute atomic E-state index is 12.1. The van der Waals surface area contributed by atoms with Crippen LogP contribution in [0.3, 0.4) is 0 Å². The standard InChI is InChI=1S/C13H19N3O.2ClH/c1-10-4-3-5-11(15-10)12(17)16-13(2)6-8-14-9-7-13;;/h3-5,14H,6-9H2,1-2H3,(H,16,17);2*1H. The molecule has 0 bridgehead atoms. The van der Waals surface area contributed by atoms with Crippen molar-refractivity contribution in [1.29, 1.82) is 0 Å². The van der Waals surface area contributed by atoms with Gasteiger partial charge in [0.15, 0.2) is 0 Å². The highest BCUT2D eigenvalue weighted by molar-refractivity contribution is 5.92. The molecule has 2 N–H and O–H groups in total. The number of carbonyl (C=O) groups excluding carboxylic acids is 1. The first-order chi connectivity index (χ1) is 8.09. The van der Waals surface area contributed by atoms with Gasteiger partial charge in [-0.15, -0.1) is 24.8 Å². The van der Waals surface area contributed by atoms with E-state index in [0.29, 0.717) is 5.69 Å². The predicted molar refractivity (Wildman–Crippen MR) is 81.4 cm³/mol. The number of hydrogen-bond donors (Lipinski definition) is 2. The minimum absolute atomic E-state index is 0. The molecule has 4 nitrogen and oxygen atoms in total. The summed E-state index contributed by atoms with van der Waals surface area (Å²) in [4.78, 5) is 16.3. The molecule has 2 heterocycles. The number of nitrogens with one attached hydrogen (secondary N) is 2. The topological polar surface area (TPSA) is 54.0 Å². The van der Waals surface area contributed by atoms with Crippen LogP contribution in [0.4, 0.5) is 0 Å². The molecular weight excluding hydrogens is 285 g/mol. The fraction of sp³-hybridized carbons (Fsp3) is 0.538. The molecule has 1 saturated heterocycles.